The Morgan fingerprint density at radius 2 is 1.65 bits per heavy atom. The summed E-state index contributed by atoms with van der Waals surface area (Å²) in [5, 5.41) is 2.65. The highest BCUT2D eigenvalue weighted by molar-refractivity contribution is 5.73. The van der Waals surface area contributed by atoms with E-state index in [9.17, 15) is 14.4 Å². The topological polar surface area (TPSA) is 81.7 Å². The third-order valence-corrected chi connectivity index (χ3v) is 2.37. The highest BCUT2D eigenvalue weighted by Crippen LogP contribution is 2.14. The Balaban J connectivity index is 5.26. The van der Waals surface area contributed by atoms with E-state index in [1.807, 2.05) is 0 Å². The van der Waals surface area contributed by atoms with Crippen LogP contribution >= 0.6 is 0 Å². The van der Waals surface area contributed by atoms with Crippen LogP contribution in [-0.4, -0.2) is 36.1 Å². The van der Waals surface area contributed by atoms with Gasteiger partial charge in [0.25, 0.3) is 0 Å². The molecule has 0 aromatic heterocycles. The largest absolute Gasteiger partial charge is 0.456 e. The fourth-order valence-corrected chi connectivity index (χ4v) is 1.73. The Morgan fingerprint density at radius 1 is 1.10 bits per heavy atom. The molecule has 0 aliphatic carbocycles. The van der Waals surface area contributed by atoms with Crippen LogP contribution in [0.15, 0.2) is 25.3 Å². The van der Waals surface area contributed by atoms with Crippen LogP contribution in [0, 0.1) is 0 Å². The Hall–Kier alpha value is -2.11. The number of nitrogens with one attached hydrogen (secondary N) is 1. The van der Waals surface area contributed by atoms with Crippen molar-refractivity contribution in [2.24, 2.45) is 0 Å². The number of carbonyl (C=O) groups is 3. The van der Waals surface area contributed by atoms with Gasteiger partial charge in [-0.05, 0) is 12.5 Å². The highest BCUT2D eigenvalue weighted by atomic mass is 16.6. The van der Waals surface area contributed by atoms with Crippen molar-refractivity contribution >= 4 is 17.8 Å². The first-order chi connectivity index (χ1) is 9.31. The average molecular weight is 283 g/mol. The summed E-state index contributed by atoms with van der Waals surface area (Å²) in [7, 11) is 0. The van der Waals surface area contributed by atoms with E-state index in [2.05, 4.69) is 18.5 Å². The minimum Gasteiger partial charge on any atom is -0.456 e. The molecule has 0 spiro atoms. The van der Waals surface area contributed by atoms with Gasteiger partial charge >= 0.3 is 11.9 Å². The van der Waals surface area contributed by atoms with Gasteiger partial charge in [0, 0.05) is 20.8 Å². The predicted molar refractivity (Wildman–Crippen MR) is 73.7 cm³/mol. The van der Waals surface area contributed by atoms with Crippen molar-refractivity contribution in [2.75, 3.05) is 0 Å². The third-order valence-electron chi connectivity index (χ3n) is 2.37. The van der Waals surface area contributed by atoms with Gasteiger partial charge in [-0.2, -0.15) is 0 Å². The SMILES string of the molecule is C=CC[C@H](NC(C)=O)[C@@H](OC(C)=O)[C@@H](C=C)OC(C)=O. The molecule has 3 atom stereocenters. The van der Waals surface area contributed by atoms with Crippen LogP contribution in [0.4, 0.5) is 0 Å². The van der Waals surface area contributed by atoms with Crippen LogP contribution in [0.3, 0.4) is 0 Å². The maximum Gasteiger partial charge on any atom is 0.303 e. The van der Waals surface area contributed by atoms with Crippen LogP contribution < -0.4 is 5.32 Å². The third kappa shape index (κ3) is 6.72. The van der Waals surface area contributed by atoms with Gasteiger partial charge in [-0.25, -0.2) is 0 Å². The lowest BCUT2D eigenvalue weighted by molar-refractivity contribution is -0.164. The van der Waals surface area contributed by atoms with Crippen molar-refractivity contribution in [3.8, 4) is 0 Å². The normalized spacial score (nSPS) is 14.3. The second kappa shape index (κ2) is 8.90. The number of hydrogen-bond acceptors (Lipinski definition) is 5. The molecular weight excluding hydrogens is 262 g/mol. The number of carbonyl (C=O) groups excluding carboxylic acids is 3. The lowest BCUT2D eigenvalue weighted by Gasteiger charge is -2.30. The quantitative estimate of drug-likeness (QED) is 0.533. The minimum absolute atomic E-state index is 0.292. The molecule has 0 aliphatic rings. The number of rotatable bonds is 8. The maximum atomic E-state index is 11.2. The molecule has 0 aromatic carbocycles. The zero-order chi connectivity index (χ0) is 15.7. The van der Waals surface area contributed by atoms with E-state index in [0.29, 0.717) is 6.42 Å². The average Bonchev–Trinajstić information content (AvgIpc) is 2.31. The molecule has 6 nitrogen and oxygen atoms in total. The predicted octanol–water partition coefficient (Wildman–Crippen LogP) is 1.12. The summed E-state index contributed by atoms with van der Waals surface area (Å²) >= 11 is 0. The lowest BCUT2D eigenvalue weighted by atomic mass is 10.0. The highest BCUT2D eigenvalue weighted by Gasteiger charge is 2.32. The summed E-state index contributed by atoms with van der Waals surface area (Å²) in [5.41, 5.74) is 0. The van der Waals surface area contributed by atoms with Gasteiger partial charge in [-0.3, -0.25) is 14.4 Å². The monoisotopic (exact) mass is 283 g/mol. The van der Waals surface area contributed by atoms with Crippen molar-refractivity contribution in [2.45, 2.75) is 45.4 Å². The summed E-state index contributed by atoms with van der Waals surface area (Å²) in [6, 6.07) is -0.559. The second-order valence-corrected chi connectivity index (χ2v) is 4.22. The van der Waals surface area contributed by atoms with Gasteiger partial charge in [-0.1, -0.05) is 12.7 Å². The van der Waals surface area contributed by atoms with Crippen molar-refractivity contribution in [3.63, 3.8) is 0 Å². The Bertz CT molecular complexity index is 391. The van der Waals surface area contributed by atoms with E-state index >= 15 is 0 Å². The first-order valence-corrected chi connectivity index (χ1v) is 6.16. The van der Waals surface area contributed by atoms with E-state index in [1.165, 1.54) is 26.8 Å². The molecule has 0 heterocycles. The molecule has 0 bridgehead atoms. The van der Waals surface area contributed by atoms with E-state index in [4.69, 9.17) is 9.47 Å². The Morgan fingerprint density at radius 3 is 2.00 bits per heavy atom. The van der Waals surface area contributed by atoms with E-state index in [-0.39, 0.29) is 5.91 Å². The molecule has 6 heteroatoms. The zero-order valence-electron chi connectivity index (χ0n) is 12.0. The van der Waals surface area contributed by atoms with Crippen molar-refractivity contribution in [1.29, 1.82) is 0 Å². The van der Waals surface area contributed by atoms with Gasteiger partial charge in [0.1, 0.15) is 0 Å². The molecule has 20 heavy (non-hydrogen) atoms. The molecular formula is C14H21NO5. The summed E-state index contributed by atoms with van der Waals surface area (Å²) in [6.07, 6.45) is 1.56. The number of amides is 1. The molecule has 0 radical (unpaired) electrons. The van der Waals surface area contributed by atoms with Crippen molar-refractivity contribution in [3.05, 3.63) is 25.3 Å². The molecule has 0 aliphatic heterocycles. The van der Waals surface area contributed by atoms with E-state index in [1.54, 1.807) is 6.08 Å². The van der Waals surface area contributed by atoms with Crippen LogP contribution in [-0.2, 0) is 23.9 Å². The van der Waals surface area contributed by atoms with E-state index in [0.717, 1.165) is 0 Å². The van der Waals surface area contributed by atoms with E-state index < -0.39 is 30.2 Å². The first-order valence-electron chi connectivity index (χ1n) is 6.16. The molecule has 0 saturated carbocycles. The minimum atomic E-state index is -0.865. The molecule has 0 saturated heterocycles. The Kier molecular flexibility index (Phi) is 7.96. The number of ether oxygens (including phenoxy) is 2. The smallest absolute Gasteiger partial charge is 0.303 e. The van der Waals surface area contributed by atoms with Crippen molar-refractivity contribution in [1.82, 2.24) is 5.32 Å². The molecule has 1 N–H and O–H groups in total. The molecule has 1 amide bonds. The van der Waals surface area contributed by atoms with Gasteiger partial charge in [0.05, 0.1) is 6.04 Å². The van der Waals surface area contributed by atoms with Crippen LogP contribution in [0.1, 0.15) is 27.2 Å². The van der Waals surface area contributed by atoms with Gasteiger partial charge in [-0.15, -0.1) is 6.58 Å². The number of hydrogen-bond donors (Lipinski definition) is 1. The Labute approximate surface area is 118 Å². The molecule has 0 fully saturated rings. The molecule has 112 valence electrons. The zero-order valence-corrected chi connectivity index (χ0v) is 12.0. The molecule has 0 aromatic rings. The summed E-state index contributed by atoms with van der Waals surface area (Å²) in [4.78, 5) is 33.5. The second-order valence-electron chi connectivity index (χ2n) is 4.22. The fraction of sp³-hybridized carbons (Fsp3) is 0.500. The van der Waals surface area contributed by atoms with Crippen LogP contribution in [0.25, 0.3) is 0 Å². The first kappa shape index (κ1) is 17.9. The van der Waals surface area contributed by atoms with Crippen LogP contribution in [0.2, 0.25) is 0 Å². The van der Waals surface area contributed by atoms with Gasteiger partial charge < -0.3 is 14.8 Å². The summed E-state index contributed by atoms with van der Waals surface area (Å²) in [5.74, 6) is -1.37. The van der Waals surface area contributed by atoms with Crippen molar-refractivity contribution < 1.29 is 23.9 Å². The van der Waals surface area contributed by atoms with Crippen LogP contribution in [0.5, 0.6) is 0 Å². The van der Waals surface area contributed by atoms with Gasteiger partial charge in [0.15, 0.2) is 12.2 Å². The molecule has 0 rings (SSSR count). The lowest BCUT2D eigenvalue weighted by Crippen LogP contribution is -2.50. The summed E-state index contributed by atoms with van der Waals surface area (Å²) in [6.45, 7) is 11.0. The van der Waals surface area contributed by atoms with Gasteiger partial charge in [0.2, 0.25) is 5.91 Å². The summed E-state index contributed by atoms with van der Waals surface area (Å²) < 4.78 is 10.2. The fourth-order valence-electron chi connectivity index (χ4n) is 1.73. The number of esters is 2. The standard InChI is InChI=1S/C14H21NO5/c1-6-8-12(15-9(3)16)14(20-11(5)18)13(7-2)19-10(4)17/h6-7,12-14H,1-2,8H2,3-5H3,(H,15,16)/t12-,13+,14+/m0/s1. The maximum absolute atomic E-state index is 11.2. The molecule has 0 unspecified atom stereocenters.